The van der Waals surface area contributed by atoms with E-state index in [1.165, 1.54) is 0 Å². The number of nitrogens with zero attached hydrogens (tertiary/aromatic N) is 2. The second-order valence-corrected chi connectivity index (χ2v) is 6.62. The van der Waals surface area contributed by atoms with Crippen LogP contribution in [0.2, 0.25) is 5.02 Å². The lowest BCUT2D eigenvalue weighted by Gasteiger charge is -2.06. The van der Waals surface area contributed by atoms with Crippen molar-refractivity contribution in [3.05, 3.63) is 69.3 Å². The van der Waals surface area contributed by atoms with Gasteiger partial charge in [0, 0.05) is 17.7 Å². The molecule has 0 unspecified atom stereocenters. The molecule has 1 aromatic carbocycles. The first-order chi connectivity index (χ1) is 12.0. The van der Waals surface area contributed by atoms with E-state index in [1.807, 2.05) is 25.4 Å². The average molecular weight is 425 g/mol. The molecule has 0 radical (unpaired) electrons. The molecule has 130 valence electrons. The molecule has 0 aliphatic heterocycles. The highest BCUT2D eigenvalue weighted by Gasteiger charge is 2.12. The molecule has 0 fully saturated rings. The number of hydrogen-bond donors (Lipinski definition) is 1. The van der Waals surface area contributed by atoms with Crippen LogP contribution in [-0.4, -0.2) is 15.7 Å². The molecule has 2 aromatic heterocycles. The Morgan fingerprint density at radius 2 is 2.20 bits per heavy atom. The molecule has 25 heavy (non-hydrogen) atoms. The van der Waals surface area contributed by atoms with Crippen LogP contribution in [-0.2, 0) is 20.2 Å². The van der Waals surface area contributed by atoms with Crippen LogP contribution in [0, 0.1) is 0 Å². The van der Waals surface area contributed by atoms with Gasteiger partial charge in [-0.05, 0) is 36.4 Å². The topological polar surface area (TPSA) is 69.3 Å². The number of amides is 1. The van der Waals surface area contributed by atoms with Gasteiger partial charge in [0.15, 0.2) is 5.76 Å². The summed E-state index contributed by atoms with van der Waals surface area (Å²) in [6.45, 7) is 0.510. The zero-order chi connectivity index (χ0) is 17.8. The lowest BCUT2D eigenvalue weighted by molar-refractivity contribution is 0.0918. The Morgan fingerprint density at radius 3 is 2.92 bits per heavy atom. The molecular formula is C17H15BrClN3O3. The maximum Gasteiger partial charge on any atom is 0.287 e. The monoisotopic (exact) mass is 423 g/mol. The van der Waals surface area contributed by atoms with Gasteiger partial charge < -0.3 is 14.5 Å². The molecule has 1 amide bonds. The van der Waals surface area contributed by atoms with Crippen molar-refractivity contribution < 1.29 is 13.9 Å². The number of carbonyl (C=O) groups is 1. The summed E-state index contributed by atoms with van der Waals surface area (Å²) in [7, 11) is 1.82. The fourth-order valence-corrected chi connectivity index (χ4v) is 2.86. The molecule has 0 bridgehead atoms. The Morgan fingerprint density at radius 1 is 1.36 bits per heavy atom. The van der Waals surface area contributed by atoms with Crippen LogP contribution in [0.5, 0.6) is 5.75 Å². The van der Waals surface area contributed by atoms with Crippen LogP contribution in [0.1, 0.15) is 22.0 Å². The van der Waals surface area contributed by atoms with Gasteiger partial charge in [-0.15, -0.1) is 0 Å². The number of halogens is 2. The van der Waals surface area contributed by atoms with Gasteiger partial charge in [0.2, 0.25) is 0 Å². The quantitative estimate of drug-likeness (QED) is 0.651. The molecule has 0 spiro atoms. The van der Waals surface area contributed by atoms with Gasteiger partial charge in [-0.1, -0.05) is 27.5 Å². The summed E-state index contributed by atoms with van der Waals surface area (Å²) in [5.41, 5.74) is 0.774. The number of furan rings is 1. The Kier molecular flexibility index (Phi) is 5.45. The zero-order valence-corrected chi connectivity index (χ0v) is 15.7. The molecule has 0 aliphatic carbocycles. The third-order valence-corrected chi connectivity index (χ3v) is 4.14. The summed E-state index contributed by atoms with van der Waals surface area (Å²) >= 11 is 9.43. The van der Waals surface area contributed by atoms with Crippen molar-refractivity contribution in [3.8, 4) is 5.75 Å². The second-order valence-electron chi connectivity index (χ2n) is 5.29. The van der Waals surface area contributed by atoms with Crippen molar-refractivity contribution in [1.82, 2.24) is 15.1 Å². The number of aromatic nitrogens is 2. The maximum absolute atomic E-state index is 12.1. The van der Waals surface area contributed by atoms with Gasteiger partial charge in [0.1, 0.15) is 18.1 Å². The number of ether oxygens (including phenoxy) is 1. The lowest BCUT2D eigenvalue weighted by atomic mass is 10.3. The van der Waals surface area contributed by atoms with Crippen LogP contribution in [0.25, 0.3) is 0 Å². The minimum Gasteiger partial charge on any atom is -0.484 e. The van der Waals surface area contributed by atoms with Crippen LogP contribution in [0.4, 0.5) is 0 Å². The number of hydrogen-bond acceptors (Lipinski definition) is 4. The highest BCUT2D eigenvalue weighted by atomic mass is 79.9. The molecule has 0 atom stereocenters. The molecule has 8 heteroatoms. The van der Waals surface area contributed by atoms with Crippen molar-refractivity contribution in [2.75, 3.05) is 0 Å². The first kappa shape index (κ1) is 17.6. The predicted molar refractivity (Wildman–Crippen MR) is 96.6 cm³/mol. The molecule has 0 aliphatic rings. The average Bonchev–Trinajstić information content (AvgIpc) is 3.21. The van der Waals surface area contributed by atoms with E-state index < -0.39 is 0 Å². The first-order valence-electron chi connectivity index (χ1n) is 7.44. The molecule has 2 heterocycles. The van der Waals surface area contributed by atoms with E-state index in [-0.39, 0.29) is 18.3 Å². The van der Waals surface area contributed by atoms with E-state index in [0.717, 1.165) is 10.2 Å². The van der Waals surface area contributed by atoms with Crippen LogP contribution in [0.15, 0.2) is 51.5 Å². The van der Waals surface area contributed by atoms with Crippen molar-refractivity contribution >= 4 is 33.4 Å². The lowest BCUT2D eigenvalue weighted by Crippen LogP contribution is -2.22. The zero-order valence-electron chi connectivity index (χ0n) is 13.3. The number of benzene rings is 1. The normalized spacial score (nSPS) is 10.7. The van der Waals surface area contributed by atoms with Gasteiger partial charge in [0.05, 0.1) is 17.3 Å². The van der Waals surface area contributed by atoms with Gasteiger partial charge in [0.25, 0.3) is 5.91 Å². The molecule has 3 rings (SSSR count). The molecular weight excluding hydrogens is 410 g/mol. The third kappa shape index (κ3) is 4.64. The number of aryl methyl sites for hydroxylation is 1. The van der Waals surface area contributed by atoms with E-state index in [1.54, 1.807) is 28.9 Å². The van der Waals surface area contributed by atoms with E-state index in [9.17, 15) is 4.79 Å². The van der Waals surface area contributed by atoms with E-state index in [2.05, 4.69) is 26.3 Å². The Hall–Kier alpha value is -2.25. The van der Waals surface area contributed by atoms with Gasteiger partial charge in [-0.25, -0.2) is 0 Å². The van der Waals surface area contributed by atoms with Gasteiger partial charge >= 0.3 is 0 Å². The summed E-state index contributed by atoms with van der Waals surface area (Å²) in [4.78, 5) is 12.1. The molecule has 0 saturated carbocycles. The fraction of sp³-hybridized carbons (Fsp3) is 0.176. The summed E-state index contributed by atoms with van der Waals surface area (Å²) in [5.74, 6) is 0.986. The Bertz CT molecular complexity index is 891. The smallest absolute Gasteiger partial charge is 0.287 e. The Labute approximate surface area is 157 Å². The minimum absolute atomic E-state index is 0.175. The van der Waals surface area contributed by atoms with Crippen LogP contribution < -0.4 is 10.1 Å². The maximum atomic E-state index is 12.1. The van der Waals surface area contributed by atoms with Crippen LogP contribution in [0.3, 0.4) is 0 Å². The summed E-state index contributed by atoms with van der Waals surface area (Å²) in [5, 5.41) is 7.44. The predicted octanol–water partition coefficient (Wildman–Crippen LogP) is 3.94. The number of carbonyl (C=O) groups excluding carboxylic acids is 1. The standard InChI is InChI=1S/C17H15BrClN3O3/c1-22-7-6-12(21-22)9-20-17(23)16-5-3-13(25-16)10-24-15-4-2-11(18)8-14(15)19/h2-8H,9-10H2,1H3,(H,20,23). The van der Waals surface area contributed by atoms with Crippen molar-refractivity contribution in [2.24, 2.45) is 7.05 Å². The highest BCUT2D eigenvalue weighted by Crippen LogP contribution is 2.28. The molecule has 0 saturated heterocycles. The van der Waals surface area contributed by atoms with Gasteiger partial charge in [-0.2, -0.15) is 5.10 Å². The molecule has 6 nitrogen and oxygen atoms in total. The van der Waals surface area contributed by atoms with E-state index in [0.29, 0.717) is 23.1 Å². The SMILES string of the molecule is Cn1ccc(CNC(=O)c2ccc(COc3ccc(Br)cc3Cl)o2)n1. The van der Waals surface area contributed by atoms with E-state index in [4.69, 9.17) is 20.8 Å². The van der Waals surface area contributed by atoms with Crippen molar-refractivity contribution in [3.63, 3.8) is 0 Å². The summed E-state index contributed by atoms with van der Waals surface area (Å²) < 4.78 is 13.7. The summed E-state index contributed by atoms with van der Waals surface area (Å²) in [6, 6.07) is 10.5. The number of nitrogens with one attached hydrogen (secondary N) is 1. The minimum atomic E-state index is -0.307. The first-order valence-corrected chi connectivity index (χ1v) is 8.61. The summed E-state index contributed by atoms with van der Waals surface area (Å²) in [6.07, 6.45) is 1.82. The second kappa shape index (κ2) is 7.76. The van der Waals surface area contributed by atoms with Crippen molar-refractivity contribution in [1.29, 1.82) is 0 Å². The third-order valence-electron chi connectivity index (χ3n) is 3.35. The van der Waals surface area contributed by atoms with Gasteiger partial charge in [-0.3, -0.25) is 9.48 Å². The van der Waals surface area contributed by atoms with E-state index >= 15 is 0 Å². The Balaban J connectivity index is 1.55. The van der Waals surface area contributed by atoms with Crippen molar-refractivity contribution in [2.45, 2.75) is 13.2 Å². The number of rotatable bonds is 6. The highest BCUT2D eigenvalue weighted by molar-refractivity contribution is 9.10. The molecule has 1 N–H and O–H groups in total. The fourth-order valence-electron chi connectivity index (χ4n) is 2.13. The van der Waals surface area contributed by atoms with Crippen LogP contribution >= 0.6 is 27.5 Å². The molecule has 3 aromatic rings. The largest absolute Gasteiger partial charge is 0.484 e.